The highest BCUT2D eigenvalue weighted by Crippen LogP contribution is 2.21. The smallest absolute Gasteiger partial charge is 0.236 e. The minimum Gasteiger partial charge on any atom is -0.341 e. The summed E-state index contributed by atoms with van der Waals surface area (Å²) in [6.07, 6.45) is 0. The second-order valence-corrected chi connectivity index (χ2v) is 7.36. The van der Waals surface area contributed by atoms with E-state index in [4.69, 9.17) is 17.3 Å². The van der Waals surface area contributed by atoms with Crippen molar-refractivity contribution in [3.8, 4) is 0 Å². The van der Waals surface area contributed by atoms with Gasteiger partial charge in [-0.1, -0.05) is 17.7 Å². The van der Waals surface area contributed by atoms with E-state index in [0.29, 0.717) is 28.1 Å². The van der Waals surface area contributed by atoms with Crippen LogP contribution in [-0.4, -0.2) is 18.4 Å². The predicted molar refractivity (Wildman–Crippen MR) is 91.6 cm³/mol. The second kappa shape index (κ2) is 6.39. The molecule has 0 spiro atoms. The molecule has 0 radical (unpaired) electrons. The van der Waals surface area contributed by atoms with Gasteiger partial charge in [-0.05, 0) is 35.9 Å². The molecule has 1 heterocycles. The van der Waals surface area contributed by atoms with E-state index in [-0.39, 0.29) is 17.3 Å². The summed E-state index contributed by atoms with van der Waals surface area (Å²) in [5.74, 6) is -0.407. The number of rotatable bonds is 5. The van der Waals surface area contributed by atoms with E-state index >= 15 is 0 Å². The first-order valence-electron chi connectivity index (χ1n) is 6.99. The summed E-state index contributed by atoms with van der Waals surface area (Å²) in [6.45, 7) is 0.262. The van der Waals surface area contributed by atoms with Crippen molar-refractivity contribution in [3.63, 3.8) is 0 Å². The molecule has 3 aromatic rings. The van der Waals surface area contributed by atoms with Crippen molar-refractivity contribution in [2.45, 2.75) is 12.3 Å². The quantitative estimate of drug-likeness (QED) is 0.644. The number of aromatic amines is 1. The summed E-state index contributed by atoms with van der Waals surface area (Å²) in [6, 6.07) is 8.81. The molecule has 3 rings (SSSR count). The van der Waals surface area contributed by atoms with Gasteiger partial charge in [0, 0.05) is 0 Å². The number of imidazole rings is 1. The maximum absolute atomic E-state index is 13.4. The van der Waals surface area contributed by atoms with E-state index in [1.807, 2.05) is 0 Å². The lowest BCUT2D eigenvalue weighted by atomic mass is 10.2. The first-order chi connectivity index (χ1) is 11.4. The molecule has 0 atom stereocenters. The van der Waals surface area contributed by atoms with Gasteiger partial charge < -0.3 is 10.7 Å². The molecule has 0 saturated carbocycles. The molecular weight excluding hydrogens is 355 g/mol. The van der Waals surface area contributed by atoms with Crippen molar-refractivity contribution in [2.75, 3.05) is 4.72 Å². The van der Waals surface area contributed by atoms with Crippen molar-refractivity contribution in [1.29, 1.82) is 0 Å². The third-order valence-electron chi connectivity index (χ3n) is 3.34. The molecule has 0 amide bonds. The van der Waals surface area contributed by atoms with Gasteiger partial charge in [-0.15, -0.1) is 0 Å². The topological polar surface area (TPSA) is 101 Å². The summed E-state index contributed by atoms with van der Waals surface area (Å²) in [4.78, 5) is 7.24. The lowest BCUT2D eigenvalue weighted by Crippen LogP contribution is -2.15. The molecule has 0 unspecified atom stereocenters. The van der Waals surface area contributed by atoms with Crippen LogP contribution in [-0.2, 0) is 22.3 Å². The lowest BCUT2D eigenvalue weighted by molar-refractivity contribution is 0.599. The average molecular weight is 369 g/mol. The number of fused-ring (bicyclic) bond motifs is 1. The van der Waals surface area contributed by atoms with E-state index in [2.05, 4.69) is 14.7 Å². The van der Waals surface area contributed by atoms with Crippen molar-refractivity contribution in [1.82, 2.24) is 9.97 Å². The van der Waals surface area contributed by atoms with E-state index in [1.165, 1.54) is 12.1 Å². The Balaban J connectivity index is 1.81. The van der Waals surface area contributed by atoms with E-state index in [9.17, 15) is 12.8 Å². The molecule has 1 aromatic heterocycles. The maximum atomic E-state index is 13.4. The number of nitrogens with two attached hydrogens (primary N) is 1. The Labute approximate surface area is 142 Å². The summed E-state index contributed by atoms with van der Waals surface area (Å²) >= 11 is 5.59. The summed E-state index contributed by atoms with van der Waals surface area (Å²) in [5.41, 5.74) is 7.57. The first-order valence-corrected chi connectivity index (χ1v) is 9.02. The molecule has 9 heteroatoms. The van der Waals surface area contributed by atoms with Gasteiger partial charge in [-0.3, -0.25) is 4.72 Å². The van der Waals surface area contributed by atoms with Gasteiger partial charge in [0.1, 0.15) is 11.6 Å². The zero-order valence-corrected chi connectivity index (χ0v) is 14.0. The van der Waals surface area contributed by atoms with Crippen LogP contribution in [0.1, 0.15) is 11.4 Å². The van der Waals surface area contributed by atoms with E-state index in [0.717, 1.165) is 6.07 Å². The lowest BCUT2D eigenvalue weighted by Gasteiger charge is -2.08. The fourth-order valence-electron chi connectivity index (χ4n) is 2.29. The average Bonchev–Trinajstić information content (AvgIpc) is 2.92. The van der Waals surface area contributed by atoms with Crippen molar-refractivity contribution >= 4 is 38.3 Å². The van der Waals surface area contributed by atoms with E-state index < -0.39 is 15.8 Å². The fourth-order valence-corrected chi connectivity index (χ4v) is 3.58. The van der Waals surface area contributed by atoms with Crippen LogP contribution < -0.4 is 10.5 Å². The standard InChI is InChI=1S/C15H14ClFN4O2S/c16-11-3-1-9(5-12(11)17)8-24(22,23)21-10-2-4-13-14(6-10)20-15(7-18)19-13/h1-6,21H,7-8,18H2,(H,19,20). The molecule has 0 aliphatic carbocycles. The third-order valence-corrected chi connectivity index (χ3v) is 4.90. The normalized spacial score (nSPS) is 11.8. The Hall–Kier alpha value is -2.16. The highest BCUT2D eigenvalue weighted by atomic mass is 35.5. The zero-order chi connectivity index (χ0) is 17.3. The number of halogens is 2. The second-order valence-electron chi connectivity index (χ2n) is 5.23. The summed E-state index contributed by atoms with van der Waals surface area (Å²) < 4.78 is 40.4. The van der Waals surface area contributed by atoms with Crippen LogP contribution in [0.5, 0.6) is 0 Å². The van der Waals surface area contributed by atoms with E-state index in [1.54, 1.807) is 18.2 Å². The number of nitrogens with one attached hydrogen (secondary N) is 2. The SMILES string of the molecule is NCc1nc2ccc(NS(=O)(=O)Cc3ccc(Cl)c(F)c3)cc2[nH]1. The third kappa shape index (κ3) is 3.66. The Morgan fingerprint density at radius 2 is 2.04 bits per heavy atom. The Morgan fingerprint density at radius 3 is 2.75 bits per heavy atom. The summed E-state index contributed by atoms with van der Waals surface area (Å²) in [5, 5.41) is -0.0514. The zero-order valence-electron chi connectivity index (χ0n) is 12.4. The number of hydrogen-bond donors (Lipinski definition) is 3. The van der Waals surface area contributed by atoms with Gasteiger partial charge in [-0.2, -0.15) is 0 Å². The largest absolute Gasteiger partial charge is 0.341 e. The first kappa shape index (κ1) is 16.7. The minimum absolute atomic E-state index is 0.0514. The van der Waals surface area contributed by atoms with Gasteiger partial charge >= 0.3 is 0 Å². The van der Waals surface area contributed by atoms with Gasteiger partial charge in [0.15, 0.2) is 0 Å². The van der Waals surface area contributed by atoms with Crippen LogP contribution in [0.25, 0.3) is 11.0 Å². The summed E-state index contributed by atoms with van der Waals surface area (Å²) in [7, 11) is -3.70. The molecule has 2 aromatic carbocycles. The van der Waals surface area contributed by atoms with Gasteiger partial charge in [-0.25, -0.2) is 17.8 Å². The number of H-pyrrole nitrogens is 1. The molecule has 0 aliphatic heterocycles. The number of aromatic nitrogens is 2. The molecule has 0 fully saturated rings. The van der Waals surface area contributed by atoms with Gasteiger partial charge in [0.05, 0.1) is 34.0 Å². The number of nitrogens with zero attached hydrogens (tertiary/aromatic N) is 1. The molecule has 126 valence electrons. The maximum Gasteiger partial charge on any atom is 0.236 e. The monoisotopic (exact) mass is 368 g/mol. The number of benzene rings is 2. The van der Waals surface area contributed by atoms with Crippen LogP contribution >= 0.6 is 11.6 Å². The molecule has 24 heavy (non-hydrogen) atoms. The van der Waals surface area contributed by atoms with Crippen LogP contribution in [0.4, 0.5) is 10.1 Å². The molecule has 4 N–H and O–H groups in total. The fraction of sp³-hybridized carbons (Fsp3) is 0.133. The molecule has 0 bridgehead atoms. The minimum atomic E-state index is -3.70. The Morgan fingerprint density at radius 1 is 1.25 bits per heavy atom. The molecule has 0 saturated heterocycles. The van der Waals surface area contributed by atoms with Crippen molar-refractivity contribution in [2.24, 2.45) is 5.73 Å². The number of sulfonamides is 1. The van der Waals surface area contributed by atoms with Crippen LogP contribution in [0.15, 0.2) is 36.4 Å². The van der Waals surface area contributed by atoms with Crippen molar-refractivity contribution < 1.29 is 12.8 Å². The van der Waals surface area contributed by atoms with Crippen LogP contribution in [0.3, 0.4) is 0 Å². The van der Waals surface area contributed by atoms with Crippen LogP contribution in [0.2, 0.25) is 5.02 Å². The molecule has 0 aliphatic rings. The number of anilines is 1. The van der Waals surface area contributed by atoms with Crippen molar-refractivity contribution in [3.05, 3.63) is 58.6 Å². The van der Waals surface area contributed by atoms with Crippen LogP contribution in [0, 0.1) is 5.82 Å². The molecule has 6 nitrogen and oxygen atoms in total. The highest BCUT2D eigenvalue weighted by Gasteiger charge is 2.14. The van der Waals surface area contributed by atoms with Gasteiger partial charge in [0.2, 0.25) is 10.0 Å². The Bertz CT molecular complexity index is 1000. The molecular formula is C15H14ClFN4O2S. The van der Waals surface area contributed by atoms with Gasteiger partial charge in [0.25, 0.3) is 0 Å². The Kier molecular flexibility index (Phi) is 4.44. The highest BCUT2D eigenvalue weighted by molar-refractivity contribution is 7.91. The number of hydrogen-bond acceptors (Lipinski definition) is 4. The predicted octanol–water partition coefficient (Wildman–Crippen LogP) is 2.76.